The van der Waals surface area contributed by atoms with Crippen LogP contribution in [0.4, 0.5) is 5.69 Å². The van der Waals surface area contributed by atoms with Gasteiger partial charge in [-0.15, -0.1) is 0 Å². The Morgan fingerprint density at radius 3 is 2.94 bits per heavy atom. The molecule has 0 saturated carbocycles. The van der Waals surface area contributed by atoms with E-state index in [1.165, 1.54) is 0 Å². The maximum absolute atomic E-state index is 10.9. The summed E-state index contributed by atoms with van der Waals surface area (Å²) in [5.41, 5.74) is 2.40. The smallest absolute Gasteiger partial charge is 0.305 e. The largest absolute Gasteiger partial charge is 0.481 e. The number of aromatic amines is 1. The molecule has 0 amide bonds. The molecule has 0 radical (unpaired) electrons. The van der Waals surface area contributed by atoms with Gasteiger partial charge in [0.25, 0.3) is 0 Å². The molecule has 1 aromatic heterocycles. The Balaban J connectivity index is 2.28. The van der Waals surface area contributed by atoms with Gasteiger partial charge in [-0.3, -0.25) is 9.59 Å². The number of hydrogen-bond donors (Lipinski definition) is 2. The number of anilines is 1. The van der Waals surface area contributed by atoms with Gasteiger partial charge in [-0.2, -0.15) is 0 Å². The lowest BCUT2D eigenvalue weighted by molar-refractivity contribution is -0.136. The minimum Gasteiger partial charge on any atom is -0.481 e. The lowest BCUT2D eigenvalue weighted by atomic mass is 10.1. The molecule has 1 aromatic carbocycles. The number of benzene rings is 1. The maximum atomic E-state index is 10.9. The number of nitrogens with zero attached hydrogens (tertiary/aromatic N) is 1. The van der Waals surface area contributed by atoms with Crippen LogP contribution in [0.5, 0.6) is 0 Å². The van der Waals surface area contributed by atoms with Crippen LogP contribution in [0.3, 0.4) is 0 Å². The van der Waals surface area contributed by atoms with Crippen molar-refractivity contribution in [1.82, 2.24) is 4.98 Å². The van der Waals surface area contributed by atoms with Crippen LogP contribution >= 0.6 is 0 Å². The summed E-state index contributed by atoms with van der Waals surface area (Å²) in [5.74, 6) is -0.821. The molecule has 0 bridgehead atoms. The van der Waals surface area contributed by atoms with Gasteiger partial charge in [-0.05, 0) is 18.2 Å². The van der Waals surface area contributed by atoms with Gasteiger partial charge in [0.2, 0.25) is 0 Å². The predicted octanol–water partition coefficient (Wildman–Crippen LogP) is 1.89. The molecule has 0 aliphatic heterocycles. The first-order chi connectivity index (χ1) is 8.61. The lowest BCUT2D eigenvalue weighted by Gasteiger charge is -2.18. The van der Waals surface area contributed by atoms with Gasteiger partial charge in [0.05, 0.1) is 6.42 Å². The normalized spacial score (nSPS) is 10.5. The summed E-state index contributed by atoms with van der Waals surface area (Å²) in [7, 11) is 1.83. The second kappa shape index (κ2) is 4.91. The lowest BCUT2D eigenvalue weighted by Crippen LogP contribution is -2.20. The van der Waals surface area contributed by atoms with E-state index in [4.69, 9.17) is 5.11 Å². The van der Waals surface area contributed by atoms with E-state index in [9.17, 15) is 9.59 Å². The molecule has 0 aliphatic rings. The highest BCUT2D eigenvalue weighted by Gasteiger charge is 2.07. The van der Waals surface area contributed by atoms with Crippen LogP contribution in [0.2, 0.25) is 0 Å². The zero-order valence-corrected chi connectivity index (χ0v) is 10.0. The second-order valence-corrected chi connectivity index (χ2v) is 4.16. The summed E-state index contributed by atoms with van der Waals surface area (Å²) in [6.07, 6.45) is 2.56. The monoisotopic (exact) mass is 246 g/mol. The number of fused-ring (bicyclic) bond motifs is 1. The molecule has 0 unspecified atom stereocenters. The van der Waals surface area contributed by atoms with Gasteiger partial charge in [0.1, 0.15) is 0 Å². The summed E-state index contributed by atoms with van der Waals surface area (Å²) >= 11 is 0. The summed E-state index contributed by atoms with van der Waals surface area (Å²) in [5, 5.41) is 9.50. The van der Waals surface area contributed by atoms with Crippen LogP contribution in [-0.4, -0.2) is 35.9 Å². The van der Waals surface area contributed by atoms with Crippen LogP contribution in [-0.2, 0) is 4.79 Å². The number of rotatable bonds is 5. The molecule has 0 atom stereocenters. The Morgan fingerprint density at radius 1 is 1.50 bits per heavy atom. The van der Waals surface area contributed by atoms with Gasteiger partial charge < -0.3 is 15.0 Å². The first-order valence-electron chi connectivity index (χ1n) is 5.61. The van der Waals surface area contributed by atoms with Crippen molar-refractivity contribution in [3.05, 3.63) is 30.0 Å². The molecule has 2 N–H and O–H groups in total. The van der Waals surface area contributed by atoms with Crippen LogP contribution in [0, 0.1) is 0 Å². The first-order valence-corrected chi connectivity index (χ1v) is 5.61. The van der Waals surface area contributed by atoms with E-state index in [1.54, 1.807) is 6.20 Å². The molecular weight excluding hydrogens is 232 g/mol. The molecule has 0 aliphatic carbocycles. The molecule has 2 rings (SSSR count). The molecule has 5 nitrogen and oxygen atoms in total. The summed E-state index contributed by atoms with van der Waals surface area (Å²) in [4.78, 5) is 26.3. The van der Waals surface area contributed by atoms with E-state index >= 15 is 0 Å². The number of H-pyrrole nitrogens is 1. The standard InChI is InChI=1S/C13H14N2O3/c1-15(5-4-13(17)18)10-2-3-12-11(6-10)9(8-16)7-14-12/h2-3,6-8,14H,4-5H2,1H3,(H,17,18). The van der Waals surface area contributed by atoms with E-state index in [-0.39, 0.29) is 6.42 Å². The van der Waals surface area contributed by atoms with Crippen molar-refractivity contribution in [1.29, 1.82) is 0 Å². The SMILES string of the molecule is CN(CCC(=O)O)c1ccc2[nH]cc(C=O)c2c1. The minimum atomic E-state index is -0.821. The maximum Gasteiger partial charge on any atom is 0.305 e. The number of carbonyl (C=O) groups excluding carboxylic acids is 1. The molecule has 0 saturated heterocycles. The molecule has 2 aromatic rings. The number of carbonyl (C=O) groups is 2. The van der Waals surface area contributed by atoms with Crippen LogP contribution in [0.25, 0.3) is 10.9 Å². The number of aliphatic carboxylic acids is 1. The van der Waals surface area contributed by atoms with Crippen molar-refractivity contribution in [3.63, 3.8) is 0 Å². The van der Waals surface area contributed by atoms with Crippen molar-refractivity contribution in [2.24, 2.45) is 0 Å². The Bertz CT molecular complexity index is 589. The highest BCUT2D eigenvalue weighted by molar-refractivity contribution is 5.98. The van der Waals surface area contributed by atoms with E-state index in [1.807, 2.05) is 30.1 Å². The predicted molar refractivity (Wildman–Crippen MR) is 69.2 cm³/mol. The molecular formula is C13H14N2O3. The average molecular weight is 246 g/mol. The van der Waals surface area contributed by atoms with Gasteiger partial charge in [0.15, 0.2) is 6.29 Å². The van der Waals surface area contributed by atoms with Crippen molar-refractivity contribution in [3.8, 4) is 0 Å². The minimum absolute atomic E-state index is 0.0855. The van der Waals surface area contributed by atoms with Gasteiger partial charge in [0, 0.05) is 41.9 Å². The number of carboxylic acid groups (broad SMARTS) is 1. The summed E-state index contributed by atoms with van der Waals surface area (Å²) < 4.78 is 0. The zero-order chi connectivity index (χ0) is 13.1. The fourth-order valence-corrected chi connectivity index (χ4v) is 1.86. The molecule has 1 heterocycles. The number of carboxylic acids is 1. The number of aromatic nitrogens is 1. The summed E-state index contributed by atoms with van der Waals surface area (Å²) in [6.45, 7) is 0.432. The third kappa shape index (κ3) is 2.34. The van der Waals surface area contributed by atoms with Crippen molar-refractivity contribution in [2.75, 3.05) is 18.5 Å². The summed E-state index contributed by atoms with van der Waals surface area (Å²) in [6, 6.07) is 5.67. The quantitative estimate of drug-likeness (QED) is 0.790. The van der Waals surface area contributed by atoms with E-state index < -0.39 is 5.97 Å². The van der Waals surface area contributed by atoms with Crippen molar-refractivity contribution >= 4 is 28.8 Å². The van der Waals surface area contributed by atoms with Gasteiger partial charge >= 0.3 is 5.97 Å². The third-order valence-electron chi connectivity index (χ3n) is 2.93. The first kappa shape index (κ1) is 12.2. The van der Waals surface area contributed by atoms with E-state index in [2.05, 4.69) is 4.98 Å². The molecule has 5 heteroatoms. The Labute approximate surface area is 104 Å². The van der Waals surface area contributed by atoms with Crippen LogP contribution in [0.15, 0.2) is 24.4 Å². The van der Waals surface area contributed by atoms with Crippen LogP contribution in [0.1, 0.15) is 16.8 Å². The molecule has 0 spiro atoms. The molecule has 94 valence electrons. The van der Waals surface area contributed by atoms with Crippen molar-refractivity contribution in [2.45, 2.75) is 6.42 Å². The Morgan fingerprint density at radius 2 is 2.28 bits per heavy atom. The number of hydrogen-bond acceptors (Lipinski definition) is 3. The highest BCUT2D eigenvalue weighted by atomic mass is 16.4. The number of aldehydes is 1. The third-order valence-corrected chi connectivity index (χ3v) is 2.93. The second-order valence-electron chi connectivity index (χ2n) is 4.16. The topological polar surface area (TPSA) is 73.4 Å². The molecule has 0 fully saturated rings. The van der Waals surface area contributed by atoms with Gasteiger partial charge in [-0.1, -0.05) is 0 Å². The van der Waals surface area contributed by atoms with Crippen LogP contribution < -0.4 is 4.90 Å². The Kier molecular flexibility index (Phi) is 3.32. The fourth-order valence-electron chi connectivity index (χ4n) is 1.86. The Hall–Kier alpha value is -2.30. The number of nitrogens with one attached hydrogen (secondary N) is 1. The fraction of sp³-hybridized carbons (Fsp3) is 0.231. The molecule has 18 heavy (non-hydrogen) atoms. The van der Waals surface area contributed by atoms with E-state index in [0.29, 0.717) is 12.1 Å². The average Bonchev–Trinajstić information content (AvgIpc) is 2.77. The van der Waals surface area contributed by atoms with E-state index in [0.717, 1.165) is 22.9 Å². The highest BCUT2D eigenvalue weighted by Crippen LogP contribution is 2.23. The van der Waals surface area contributed by atoms with Gasteiger partial charge in [-0.25, -0.2) is 0 Å². The zero-order valence-electron chi connectivity index (χ0n) is 10.0. The van der Waals surface area contributed by atoms with Crippen molar-refractivity contribution < 1.29 is 14.7 Å².